The molecule has 0 aliphatic heterocycles. The van der Waals surface area contributed by atoms with Gasteiger partial charge in [-0.15, -0.1) is 0 Å². The molecule has 23 heavy (non-hydrogen) atoms. The van der Waals surface area contributed by atoms with Crippen LogP contribution in [0.4, 0.5) is 0 Å². The van der Waals surface area contributed by atoms with Crippen molar-refractivity contribution in [3.63, 3.8) is 0 Å². The molecule has 0 N–H and O–H groups in total. The van der Waals surface area contributed by atoms with Crippen molar-refractivity contribution in [2.75, 3.05) is 0 Å². The lowest BCUT2D eigenvalue weighted by atomic mass is 10.1. The smallest absolute Gasteiger partial charge is 0.332 e. The van der Waals surface area contributed by atoms with Crippen LogP contribution in [-0.2, 0) is 21.1 Å². The number of benzene rings is 1. The number of ether oxygens (including phenoxy) is 1. The van der Waals surface area contributed by atoms with Crippen LogP contribution in [0.5, 0.6) is 11.8 Å². The summed E-state index contributed by atoms with van der Waals surface area (Å²) >= 11 is 0. The van der Waals surface area contributed by atoms with E-state index in [1.54, 1.807) is 18.7 Å². The van der Waals surface area contributed by atoms with Crippen LogP contribution >= 0.6 is 0 Å². The summed E-state index contributed by atoms with van der Waals surface area (Å²) in [6, 6.07) is 6.09. The van der Waals surface area contributed by atoms with E-state index in [2.05, 4.69) is 4.98 Å². The molecular formula is C16H18N4O3. The van der Waals surface area contributed by atoms with E-state index in [1.807, 2.05) is 32.0 Å². The molecule has 0 amide bonds. The van der Waals surface area contributed by atoms with Gasteiger partial charge in [-0.25, -0.2) is 4.79 Å². The summed E-state index contributed by atoms with van der Waals surface area (Å²) in [5, 5.41) is 0. The van der Waals surface area contributed by atoms with Gasteiger partial charge in [0, 0.05) is 21.1 Å². The van der Waals surface area contributed by atoms with Crippen LogP contribution in [0.15, 0.2) is 27.8 Å². The van der Waals surface area contributed by atoms with Crippen LogP contribution < -0.4 is 16.0 Å². The number of aromatic nitrogens is 4. The Bertz CT molecular complexity index is 1020. The Balaban J connectivity index is 2.22. The highest BCUT2D eigenvalue weighted by Gasteiger charge is 2.18. The maximum Gasteiger partial charge on any atom is 0.332 e. The molecule has 2 aromatic heterocycles. The molecule has 3 rings (SSSR count). The Hall–Kier alpha value is -2.83. The first-order valence-corrected chi connectivity index (χ1v) is 7.18. The van der Waals surface area contributed by atoms with Gasteiger partial charge in [0.25, 0.3) is 5.56 Å². The highest BCUT2D eigenvalue weighted by Crippen LogP contribution is 2.24. The topological polar surface area (TPSA) is 71.1 Å². The van der Waals surface area contributed by atoms with Gasteiger partial charge in [0.15, 0.2) is 11.2 Å². The fourth-order valence-corrected chi connectivity index (χ4v) is 2.75. The summed E-state index contributed by atoms with van der Waals surface area (Å²) in [4.78, 5) is 28.6. The molecule has 0 aliphatic rings. The van der Waals surface area contributed by atoms with E-state index in [1.165, 1.54) is 11.6 Å². The number of hydrogen-bond donors (Lipinski definition) is 0. The number of hydrogen-bond acceptors (Lipinski definition) is 4. The van der Waals surface area contributed by atoms with Crippen LogP contribution in [0.1, 0.15) is 11.1 Å². The Morgan fingerprint density at radius 3 is 2.13 bits per heavy atom. The zero-order valence-electron chi connectivity index (χ0n) is 13.7. The molecular weight excluding hydrogens is 296 g/mol. The highest BCUT2D eigenvalue weighted by atomic mass is 16.5. The number of imidazole rings is 1. The van der Waals surface area contributed by atoms with Gasteiger partial charge in [0.2, 0.25) is 0 Å². The van der Waals surface area contributed by atoms with Crippen molar-refractivity contribution in [1.82, 2.24) is 18.7 Å². The molecule has 0 unspecified atom stereocenters. The Labute approximate surface area is 132 Å². The van der Waals surface area contributed by atoms with E-state index in [9.17, 15) is 9.59 Å². The molecule has 3 aromatic rings. The van der Waals surface area contributed by atoms with Crippen LogP contribution in [0, 0.1) is 13.8 Å². The van der Waals surface area contributed by atoms with Crippen molar-refractivity contribution >= 4 is 11.2 Å². The third-order valence-corrected chi connectivity index (χ3v) is 3.83. The second-order valence-corrected chi connectivity index (χ2v) is 5.76. The lowest BCUT2D eigenvalue weighted by Crippen LogP contribution is -2.37. The Kier molecular flexibility index (Phi) is 3.35. The van der Waals surface area contributed by atoms with Crippen LogP contribution in [0.25, 0.3) is 11.2 Å². The summed E-state index contributed by atoms with van der Waals surface area (Å²) in [7, 11) is 4.75. The molecule has 0 spiro atoms. The molecule has 0 fully saturated rings. The lowest BCUT2D eigenvalue weighted by Gasteiger charge is -2.08. The maximum absolute atomic E-state index is 12.2. The van der Waals surface area contributed by atoms with Crippen molar-refractivity contribution < 1.29 is 4.74 Å². The average Bonchev–Trinajstić information content (AvgIpc) is 2.79. The SMILES string of the molecule is Cc1cc(C)cc(Oc2nc3c(=O)n(C)c(=O)n(C)c3n2C)c1. The van der Waals surface area contributed by atoms with Gasteiger partial charge >= 0.3 is 11.7 Å². The molecule has 0 atom stereocenters. The Morgan fingerprint density at radius 2 is 1.52 bits per heavy atom. The molecule has 0 saturated heterocycles. The van der Waals surface area contributed by atoms with E-state index >= 15 is 0 Å². The average molecular weight is 314 g/mol. The van der Waals surface area contributed by atoms with Gasteiger partial charge in [-0.2, -0.15) is 4.98 Å². The third-order valence-electron chi connectivity index (χ3n) is 3.83. The zero-order valence-corrected chi connectivity index (χ0v) is 13.7. The van der Waals surface area contributed by atoms with Crippen molar-refractivity contribution in [1.29, 1.82) is 0 Å². The molecule has 7 heteroatoms. The van der Waals surface area contributed by atoms with E-state index in [0.717, 1.165) is 15.7 Å². The summed E-state index contributed by atoms with van der Waals surface area (Å²) in [5.41, 5.74) is 1.94. The molecule has 2 heterocycles. The molecule has 7 nitrogen and oxygen atoms in total. The van der Waals surface area contributed by atoms with E-state index < -0.39 is 11.2 Å². The van der Waals surface area contributed by atoms with E-state index in [4.69, 9.17) is 4.74 Å². The number of fused-ring (bicyclic) bond motifs is 1. The van der Waals surface area contributed by atoms with Gasteiger partial charge in [0.1, 0.15) is 5.75 Å². The Morgan fingerprint density at radius 1 is 0.913 bits per heavy atom. The highest BCUT2D eigenvalue weighted by molar-refractivity contribution is 5.71. The van der Waals surface area contributed by atoms with Gasteiger partial charge < -0.3 is 4.74 Å². The first kappa shape index (κ1) is 15.1. The van der Waals surface area contributed by atoms with Gasteiger partial charge in [-0.1, -0.05) is 6.07 Å². The summed E-state index contributed by atoms with van der Waals surface area (Å²) in [6.45, 7) is 3.96. The predicted octanol–water partition coefficient (Wildman–Crippen LogP) is 1.38. The van der Waals surface area contributed by atoms with Gasteiger partial charge in [0.05, 0.1) is 0 Å². The minimum atomic E-state index is -0.436. The summed E-state index contributed by atoms with van der Waals surface area (Å²) < 4.78 is 9.87. The quantitative estimate of drug-likeness (QED) is 0.716. The molecule has 1 aromatic carbocycles. The largest absolute Gasteiger partial charge is 0.425 e. The number of rotatable bonds is 2. The van der Waals surface area contributed by atoms with Gasteiger partial charge in [-0.05, 0) is 37.1 Å². The second kappa shape index (κ2) is 5.12. The number of aryl methyl sites for hydroxylation is 4. The van der Waals surface area contributed by atoms with Crippen molar-refractivity contribution in [3.05, 3.63) is 50.2 Å². The predicted molar refractivity (Wildman–Crippen MR) is 87.2 cm³/mol. The number of nitrogens with zero attached hydrogens (tertiary/aromatic N) is 4. The molecule has 0 saturated carbocycles. The zero-order chi connectivity index (χ0) is 16.9. The van der Waals surface area contributed by atoms with Crippen molar-refractivity contribution in [2.24, 2.45) is 21.1 Å². The van der Waals surface area contributed by atoms with E-state index in [0.29, 0.717) is 11.4 Å². The first-order chi connectivity index (χ1) is 10.8. The summed E-state index contributed by atoms with van der Waals surface area (Å²) in [6.07, 6.45) is 0. The standard InChI is InChI=1S/C16H18N4O3/c1-9-6-10(2)8-11(7-9)23-15-17-12-13(18(15)3)19(4)16(22)20(5)14(12)21/h6-8H,1-5H3. The minimum absolute atomic E-state index is 0.205. The van der Waals surface area contributed by atoms with Crippen LogP contribution in [0.3, 0.4) is 0 Å². The maximum atomic E-state index is 12.2. The second-order valence-electron chi connectivity index (χ2n) is 5.76. The molecule has 0 radical (unpaired) electrons. The summed E-state index contributed by atoms with van der Waals surface area (Å²) in [5.74, 6) is 0.641. The van der Waals surface area contributed by atoms with Crippen LogP contribution in [0.2, 0.25) is 0 Å². The third kappa shape index (κ3) is 2.34. The van der Waals surface area contributed by atoms with Crippen molar-refractivity contribution in [3.8, 4) is 11.8 Å². The fourth-order valence-electron chi connectivity index (χ4n) is 2.75. The fraction of sp³-hybridized carbons (Fsp3) is 0.312. The van der Waals surface area contributed by atoms with Gasteiger partial charge in [-0.3, -0.25) is 18.5 Å². The molecule has 0 bridgehead atoms. The lowest BCUT2D eigenvalue weighted by molar-refractivity contribution is 0.426. The van der Waals surface area contributed by atoms with E-state index in [-0.39, 0.29) is 11.5 Å². The molecule has 120 valence electrons. The molecule has 0 aliphatic carbocycles. The normalized spacial score (nSPS) is 11.2. The van der Waals surface area contributed by atoms with Crippen molar-refractivity contribution in [2.45, 2.75) is 13.8 Å². The monoisotopic (exact) mass is 314 g/mol. The van der Waals surface area contributed by atoms with Crippen LogP contribution in [-0.4, -0.2) is 18.7 Å². The first-order valence-electron chi connectivity index (χ1n) is 7.18. The minimum Gasteiger partial charge on any atom is -0.425 e.